The first-order valence-corrected chi connectivity index (χ1v) is 12.9. The number of hydrogen-bond donors (Lipinski definition) is 1. The number of ether oxygens (including phenoxy) is 2. The fraction of sp³-hybridized carbons (Fsp3) is 0.433. The van der Waals surface area contributed by atoms with Crippen molar-refractivity contribution >= 4 is 5.69 Å². The van der Waals surface area contributed by atoms with Crippen molar-refractivity contribution in [1.29, 1.82) is 0 Å². The number of fused-ring (bicyclic) bond motifs is 3. The lowest BCUT2D eigenvalue weighted by Crippen LogP contribution is -2.43. The Morgan fingerprint density at radius 1 is 1.00 bits per heavy atom. The number of hydrogen-bond acceptors (Lipinski definition) is 5. The molecule has 1 fully saturated rings. The van der Waals surface area contributed by atoms with Crippen molar-refractivity contribution in [2.75, 3.05) is 31.6 Å². The van der Waals surface area contributed by atoms with Gasteiger partial charge in [-0.3, -0.25) is 4.90 Å². The fourth-order valence-corrected chi connectivity index (χ4v) is 5.68. The summed E-state index contributed by atoms with van der Waals surface area (Å²) in [6, 6.07) is 21.7. The Labute approximate surface area is 208 Å². The van der Waals surface area contributed by atoms with Crippen LogP contribution in [-0.4, -0.2) is 36.1 Å². The van der Waals surface area contributed by atoms with Gasteiger partial charge in [0, 0.05) is 29.6 Å². The van der Waals surface area contributed by atoms with Gasteiger partial charge < -0.3 is 14.8 Å². The van der Waals surface area contributed by atoms with Gasteiger partial charge in [-0.15, -0.1) is 0 Å². The molecule has 2 aromatic carbocycles. The Hall–Kier alpha value is -3.05. The lowest BCUT2D eigenvalue weighted by Gasteiger charge is -2.39. The molecule has 1 N–H and O–H groups in total. The van der Waals surface area contributed by atoms with E-state index in [4.69, 9.17) is 14.5 Å². The Bertz CT molecular complexity index is 1210. The standard InChI is InChI=1S/C30H35N3O2/c1-29(2,3)27-13-12-25-28(32-27)35-26(19-34-25)22-10-8-21(9-11-22)18-33-16-14-30(15-17-33)20-31-24-7-5-4-6-23(24)30/h4-13,26,31H,14-20H2,1-3H3/t26-/m1/s1. The van der Waals surface area contributed by atoms with E-state index in [1.165, 1.54) is 29.7 Å². The predicted octanol–water partition coefficient (Wildman–Crippen LogP) is 5.85. The molecular formula is C30H35N3O2. The van der Waals surface area contributed by atoms with Gasteiger partial charge in [-0.1, -0.05) is 63.2 Å². The number of benzene rings is 2. The van der Waals surface area contributed by atoms with Crippen LogP contribution in [-0.2, 0) is 17.4 Å². The van der Waals surface area contributed by atoms with Crippen LogP contribution in [0.3, 0.4) is 0 Å². The van der Waals surface area contributed by atoms with E-state index in [1.807, 2.05) is 12.1 Å². The molecule has 4 heterocycles. The van der Waals surface area contributed by atoms with Crippen LogP contribution in [0.25, 0.3) is 0 Å². The molecule has 5 nitrogen and oxygen atoms in total. The van der Waals surface area contributed by atoms with Crippen molar-refractivity contribution in [3.63, 3.8) is 0 Å². The minimum Gasteiger partial charge on any atom is -0.484 e. The van der Waals surface area contributed by atoms with Crippen LogP contribution in [0.4, 0.5) is 5.69 Å². The molecule has 1 aromatic heterocycles. The Balaban J connectivity index is 1.08. The zero-order valence-corrected chi connectivity index (χ0v) is 21.0. The van der Waals surface area contributed by atoms with Gasteiger partial charge in [-0.25, -0.2) is 4.98 Å². The summed E-state index contributed by atoms with van der Waals surface area (Å²) in [5.74, 6) is 1.33. The fourth-order valence-electron chi connectivity index (χ4n) is 5.68. The van der Waals surface area contributed by atoms with Crippen molar-refractivity contribution < 1.29 is 9.47 Å². The maximum Gasteiger partial charge on any atom is 0.258 e. The molecule has 3 aromatic rings. The van der Waals surface area contributed by atoms with Gasteiger partial charge in [-0.05, 0) is 60.8 Å². The van der Waals surface area contributed by atoms with Crippen LogP contribution < -0.4 is 14.8 Å². The highest BCUT2D eigenvalue weighted by Crippen LogP contribution is 2.44. The van der Waals surface area contributed by atoms with E-state index in [0.29, 0.717) is 17.9 Å². The summed E-state index contributed by atoms with van der Waals surface area (Å²) in [7, 11) is 0. The number of piperidine rings is 1. The third-order valence-corrected chi connectivity index (χ3v) is 7.92. The SMILES string of the molecule is CC(C)(C)c1ccc2c(n1)O[C@@H](c1ccc(CN3CCC4(CC3)CNc3ccccc34)cc1)CO2. The van der Waals surface area contributed by atoms with E-state index < -0.39 is 0 Å². The van der Waals surface area contributed by atoms with E-state index in [0.717, 1.165) is 43.2 Å². The molecule has 0 bridgehead atoms. The Kier molecular flexibility index (Phi) is 5.48. The Morgan fingerprint density at radius 3 is 2.54 bits per heavy atom. The van der Waals surface area contributed by atoms with Crippen molar-refractivity contribution in [3.8, 4) is 11.6 Å². The molecule has 1 saturated heterocycles. The molecule has 0 saturated carbocycles. The second-order valence-corrected chi connectivity index (χ2v) is 11.4. The largest absolute Gasteiger partial charge is 0.484 e. The molecule has 3 aliphatic rings. The lowest BCUT2D eigenvalue weighted by atomic mass is 9.74. The van der Waals surface area contributed by atoms with Crippen molar-refractivity contribution in [3.05, 3.63) is 83.0 Å². The number of pyridine rings is 1. The quantitative estimate of drug-likeness (QED) is 0.521. The minimum absolute atomic E-state index is 0.0290. The molecule has 35 heavy (non-hydrogen) atoms. The van der Waals surface area contributed by atoms with Crippen LogP contribution in [0.2, 0.25) is 0 Å². The molecule has 0 radical (unpaired) electrons. The van der Waals surface area contributed by atoms with Crippen molar-refractivity contribution in [2.24, 2.45) is 0 Å². The zero-order chi connectivity index (χ0) is 24.0. The first kappa shape index (κ1) is 22.4. The molecule has 0 amide bonds. The highest BCUT2D eigenvalue weighted by molar-refractivity contribution is 5.60. The molecule has 6 rings (SSSR count). The first-order valence-electron chi connectivity index (χ1n) is 12.9. The minimum atomic E-state index is -0.135. The first-order chi connectivity index (χ1) is 16.9. The van der Waals surface area contributed by atoms with Gasteiger partial charge in [-0.2, -0.15) is 0 Å². The summed E-state index contributed by atoms with van der Waals surface area (Å²) < 4.78 is 12.3. The second kappa shape index (κ2) is 8.56. The van der Waals surface area contributed by atoms with Crippen LogP contribution in [0.1, 0.15) is 62.1 Å². The number of likely N-dealkylation sites (tertiary alicyclic amines) is 1. The number of anilines is 1. The van der Waals surface area contributed by atoms with Gasteiger partial charge in [0.2, 0.25) is 0 Å². The summed E-state index contributed by atoms with van der Waals surface area (Å²) in [5, 5.41) is 3.63. The zero-order valence-electron chi connectivity index (χ0n) is 21.0. The van der Waals surface area contributed by atoms with E-state index in [1.54, 1.807) is 0 Å². The lowest BCUT2D eigenvalue weighted by molar-refractivity contribution is 0.0844. The Morgan fingerprint density at radius 2 is 1.77 bits per heavy atom. The molecule has 0 unspecified atom stereocenters. The number of rotatable bonds is 3. The average molecular weight is 470 g/mol. The van der Waals surface area contributed by atoms with Gasteiger partial charge in [0.15, 0.2) is 11.9 Å². The molecule has 182 valence electrons. The summed E-state index contributed by atoms with van der Waals surface area (Å²) in [6.45, 7) is 11.3. The summed E-state index contributed by atoms with van der Waals surface area (Å²) >= 11 is 0. The van der Waals surface area contributed by atoms with Gasteiger partial charge in [0.1, 0.15) is 6.61 Å². The normalized spacial score (nSPS) is 20.9. The molecule has 5 heteroatoms. The monoisotopic (exact) mass is 469 g/mol. The topological polar surface area (TPSA) is 46.6 Å². The summed E-state index contributed by atoms with van der Waals surface area (Å²) in [5.41, 5.74) is 6.62. The highest BCUT2D eigenvalue weighted by Gasteiger charge is 2.41. The van der Waals surface area contributed by atoms with Crippen molar-refractivity contribution in [2.45, 2.75) is 57.1 Å². The molecule has 0 aliphatic carbocycles. The highest BCUT2D eigenvalue weighted by atomic mass is 16.6. The predicted molar refractivity (Wildman–Crippen MR) is 139 cm³/mol. The van der Waals surface area contributed by atoms with E-state index in [-0.39, 0.29) is 11.5 Å². The number of para-hydroxylation sites is 1. The maximum absolute atomic E-state index is 6.27. The van der Waals surface area contributed by atoms with Gasteiger partial charge in [0.05, 0.1) is 5.69 Å². The average Bonchev–Trinajstić information content (AvgIpc) is 3.23. The van der Waals surface area contributed by atoms with Crippen LogP contribution >= 0.6 is 0 Å². The van der Waals surface area contributed by atoms with Crippen LogP contribution in [0, 0.1) is 0 Å². The van der Waals surface area contributed by atoms with Crippen molar-refractivity contribution in [1.82, 2.24) is 9.88 Å². The van der Waals surface area contributed by atoms with E-state index in [2.05, 4.69) is 79.5 Å². The van der Waals surface area contributed by atoms with E-state index in [9.17, 15) is 0 Å². The van der Waals surface area contributed by atoms with Crippen LogP contribution in [0.5, 0.6) is 11.6 Å². The summed E-state index contributed by atoms with van der Waals surface area (Å²) in [4.78, 5) is 7.33. The smallest absolute Gasteiger partial charge is 0.258 e. The van der Waals surface area contributed by atoms with Gasteiger partial charge in [0.25, 0.3) is 5.88 Å². The molecule has 1 atom stereocenters. The number of nitrogens with one attached hydrogen (secondary N) is 1. The number of nitrogens with zero attached hydrogens (tertiary/aromatic N) is 2. The third kappa shape index (κ3) is 4.27. The van der Waals surface area contributed by atoms with E-state index >= 15 is 0 Å². The summed E-state index contributed by atoms with van der Waals surface area (Å²) in [6.07, 6.45) is 2.29. The van der Waals surface area contributed by atoms with Gasteiger partial charge >= 0.3 is 0 Å². The molecule has 1 spiro atoms. The molecule has 3 aliphatic heterocycles. The maximum atomic E-state index is 6.27. The van der Waals surface area contributed by atoms with Crippen LogP contribution in [0.15, 0.2) is 60.7 Å². The second-order valence-electron chi connectivity index (χ2n) is 11.4. The number of aromatic nitrogens is 1. The third-order valence-electron chi connectivity index (χ3n) is 7.92. The molecular weight excluding hydrogens is 434 g/mol.